The molecule has 6 nitrogen and oxygen atoms in total. The number of benzene rings is 2. The normalized spacial score (nSPS) is 15.1. The molecule has 2 aromatic rings. The fraction of sp³-hybridized carbons (Fsp3) is 0.350. The smallest absolute Gasteiger partial charge is 0.254 e. The van der Waals surface area contributed by atoms with Gasteiger partial charge in [-0.25, -0.2) is 13.1 Å². The van der Waals surface area contributed by atoms with Crippen molar-refractivity contribution >= 4 is 21.6 Å². The van der Waals surface area contributed by atoms with Crippen LogP contribution in [-0.2, 0) is 10.0 Å². The summed E-state index contributed by atoms with van der Waals surface area (Å²) in [6, 6.07) is 13.4. The van der Waals surface area contributed by atoms with E-state index in [1.165, 1.54) is 13.1 Å². The van der Waals surface area contributed by atoms with Gasteiger partial charge in [-0.3, -0.25) is 4.79 Å². The monoisotopic (exact) mass is 387 g/mol. The highest BCUT2D eigenvalue weighted by molar-refractivity contribution is 7.89. The highest BCUT2D eigenvalue weighted by Crippen LogP contribution is 2.23. The lowest BCUT2D eigenvalue weighted by Gasteiger charge is -2.36. The summed E-state index contributed by atoms with van der Waals surface area (Å²) in [5.41, 5.74) is 3.02. The van der Waals surface area contributed by atoms with Gasteiger partial charge in [0.25, 0.3) is 5.91 Å². The van der Waals surface area contributed by atoms with Gasteiger partial charge >= 0.3 is 0 Å². The molecular formula is C20H25N3O3S. The lowest BCUT2D eigenvalue weighted by atomic mass is 10.0. The van der Waals surface area contributed by atoms with Crippen molar-refractivity contribution in [2.45, 2.75) is 18.7 Å². The largest absolute Gasteiger partial charge is 0.368 e. The first-order valence-corrected chi connectivity index (χ1v) is 10.5. The first kappa shape index (κ1) is 19.4. The quantitative estimate of drug-likeness (QED) is 0.873. The molecule has 1 aliphatic heterocycles. The molecule has 1 heterocycles. The standard InChI is InChI=1S/C20H25N3O3S/c1-15-13-17(14-19(16(15)2)27(25,26)21-3)20(24)23-11-9-22(10-12-23)18-7-5-4-6-8-18/h4-8,13-14,21H,9-12H2,1-3H3. The van der Waals surface area contributed by atoms with Crippen molar-refractivity contribution in [2.75, 3.05) is 38.1 Å². The molecule has 1 N–H and O–H groups in total. The van der Waals surface area contributed by atoms with Gasteiger partial charge in [0.1, 0.15) is 0 Å². The average Bonchev–Trinajstić information content (AvgIpc) is 2.70. The van der Waals surface area contributed by atoms with Crippen LogP contribution in [0.4, 0.5) is 5.69 Å². The number of nitrogens with zero attached hydrogens (tertiary/aromatic N) is 2. The number of hydrogen-bond donors (Lipinski definition) is 1. The Bertz CT molecular complexity index is 934. The van der Waals surface area contributed by atoms with Gasteiger partial charge in [0, 0.05) is 37.4 Å². The van der Waals surface area contributed by atoms with E-state index in [2.05, 4.69) is 21.8 Å². The molecule has 0 radical (unpaired) electrons. The Labute approximate surface area is 160 Å². The van der Waals surface area contributed by atoms with E-state index >= 15 is 0 Å². The number of sulfonamides is 1. The molecule has 7 heteroatoms. The van der Waals surface area contributed by atoms with E-state index in [1.807, 2.05) is 25.1 Å². The number of amides is 1. The number of piperazine rings is 1. The minimum Gasteiger partial charge on any atom is -0.368 e. The second-order valence-corrected chi connectivity index (χ2v) is 8.59. The minimum atomic E-state index is -3.61. The number of para-hydroxylation sites is 1. The molecule has 144 valence electrons. The number of aryl methyl sites for hydroxylation is 1. The predicted molar refractivity (Wildman–Crippen MR) is 107 cm³/mol. The summed E-state index contributed by atoms with van der Waals surface area (Å²) < 4.78 is 26.9. The van der Waals surface area contributed by atoms with Gasteiger partial charge in [-0.1, -0.05) is 18.2 Å². The number of carbonyl (C=O) groups is 1. The van der Waals surface area contributed by atoms with Gasteiger partial charge in [-0.05, 0) is 56.3 Å². The van der Waals surface area contributed by atoms with Crippen molar-refractivity contribution in [1.29, 1.82) is 0 Å². The molecule has 27 heavy (non-hydrogen) atoms. The Morgan fingerprint density at radius 1 is 1.00 bits per heavy atom. The minimum absolute atomic E-state index is 0.127. The van der Waals surface area contributed by atoms with Gasteiger partial charge in [0.15, 0.2) is 0 Å². The lowest BCUT2D eigenvalue weighted by Crippen LogP contribution is -2.48. The number of nitrogens with one attached hydrogen (secondary N) is 1. The zero-order valence-electron chi connectivity index (χ0n) is 15.9. The van der Waals surface area contributed by atoms with Crippen molar-refractivity contribution in [3.05, 3.63) is 59.2 Å². The Hall–Kier alpha value is -2.38. The summed E-state index contributed by atoms with van der Waals surface area (Å²) in [7, 11) is -2.24. The molecule has 0 unspecified atom stereocenters. The Balaban J connectivity index is 1.79. The summed E-state index contributed by atoms with van der Waals surface area (Å²) in [4.78, 5) is 17.2. The van der Waals surface area contributed by atoms with E-state index in [-0.39, 0.29) is 10.8 Å². The maximum absolute atomic E-state index is 13.0. The molecule has 0 saturated carbocycles. The van der Waals surface area contributed by atoms with Crippen LogP contribution in [0, 0.1) is 13.8 Å². The van der Waals surface area contributed by atoms with Crippen LogP contribution in [0.5, 0.6) is 0 Å². The second kappa shape index (κ2) is 7.70. The van der Waals surface area contributed by atoms with Crippen molar-refractivity contribution in [2.24, 2.45) is 0 Å². The van der Waals surface area contributed by atoms with E-state index in [1.54, 1.807) is 17.9 Å². The SMILES string of the molecule is CNS(=O)(=O)c1cc(C(=O)N2CCN(c3ccccc3)CC2)cc(C)c1C. The molecule has 1 fully saturated rings. The summed E-state index contributed by atoms with van der Waals surface area (Å²) in [5, 5.41) is 0. The maximum atomic E-state index is 13.0. The van der Waals surface area contributed by atoms with Crippen LogP contribution in [0.1, 0.15) is 21.5 Å². The number of hydrogen-bond acceptors (Lipinski definition) is 4. The van der Waals surface area contributed by atoms with Crippen LogP contribution in [0.25, 0.3) is 0 Å². The number of rotatable bonds is 4. The molecule has 1 saturated heterocycles. The molecule has 0 atom stereocenters. The predicted octanol–water partition coefficient (Wildman–Crippen LogP) is 2.17. The van der Waals surface area contributed by atoms with Crippen molar-refractivity contribution < 1.29 is 13.2 Å². The second-order valence-electron chi connectivity index (χ2n) is 6.74. The molecule has 0 bridgehead atoms. The maximum Gasteiger partial charge on any atom is 0.254 e. The summed E-state index contributed by atoms with van der Waals surface area (Å²) in [6.45, 7) is 6.30. The van der Waals surface area contributed by atoms with Crippen LogP contribution in [-0.4, -0.2) is 52.5 Å². The highest BCUT2D eigenvalue weighted by Gasteiger charge is 2.25. The number of anilines is 1. The van der Waals surface area contributed by atoms with Crippen LogP contribution in [0.3, 0.4) is 0 Å². The summed E-state index contributed by atoms with van der Waals surface area (Å²) in [6.07, 6.45) is 0. The highest BCUT2D eigenvalue weighted by atomic mass is 32.2. The molecular weight excluding hydrogens is 362 g/mol. The summed E-state index contributed by atoms with van der Waals surface area (Å²) in [5.74, 6) is -0.127. The molecule has 0 spiro atoms. The Morgan fingerprint density at radius 3 is 2.22 bits per heavy atom. The van der Waals surface area contributed by atoms with E-state index < -0.39 is 10.0 Å². The third-order valence-corrected chi connectivity index (χ3v) is 6.65. The first-order valence-electron chi connectivity index (χ1n) is 8.97. The molecule has 1 aliphatic rings. The van der Waals surface area contributed by atoms with Crippen LogP contribution < -0.4 is 9.62 Å². The molecule has 0 aliphatic carbocycles. The zero-order chi connectivity index (χ0) is 19.6. The van der Waals surface area contributed by atoms with E-state index in [9.17, 15) is 13.2 Å². The molecule has 2 aromatic carbocycles. The Kier molecular flexibility index (Phi) is 5.53. The average molecular weight is 388 g/mol. The Morgan fingerprint density at radius 2 is 1.63 bits per heavy atom. The van der Waals surface area contributed by atoms with Gasteiger partial charge in [-0.2, -0.15) is 0 Å². The van der Waals surface area contributed by atoms with Crippen molar-refractivity contribution in [3.63, 3.8) is 0 Å². The topological polar surface area (TPSA) is 69.7 Å². The van der Waals surface area contributed by atoms with Crippen LogP contribution in [0.2, 0.25) is 0 Å². The van der Waals surface area contributed by atoms with Crippen LogP contribution in [0.15, 0.2) is 47.4 Å². The van der Waals surface area contributed by atoms with Gasteiger partial charge in [0.05, 0.1) is 4.90 Å². The van der Waals surface area contributed by atoms with Crippen molar-refractivity contribution in [3.8, 4) is 0 Å². The fourth-order valence-electron chi connectivity index (χ4n) is 3.33. The molecule has 0 aromatic heterocycles. The van der Waals surface area contributed by atoms with Crippen LogP contribution >= 0.6 is 0 Å². The molecule has 1 amide bonds. The third-order valence-electron chi connectivity index (χ3n) is 5.11. The van der Waals surface area contributed by atoms with E-state index in [0.29, 0.717) is 24.2 Å². The third kappa shape index (κ3) is 3.99. The summed E-state index contributed by atoms with van der Waals surface area (Å²) >= 11 is 0. The van der Waals surface area contributed by atoms with E-state index in [0.717, 1.165) is 24.3 Å². The van der Waals surface area contributed by atoms with Gasteiger partial charge < -0.3 is 9.80 Å². The van der Waals surface area contributed by atoms with Crippen molar-refractivity contribution in [1.82, 2.24) is 9.62 Å². The number of carbonyl (C=O) groups excluding carboxylic acids is 1. The van der Waals surface area contributed by atoms with Gasteiger partial charge in [-0.15, -0.1) is 0 Å². The zero-order valence-corrected chi connectivity index (χ0v) is 16.7. The lowest BCUT2D eigenvalue weighted by molar-refractivity contribution is 0.0746. The first-order chi connectivity index (χ1) is 12.8. The fourth-order valence-corrected chi connectivity index (χ4v) is 4.39. The van der Waals surface area contributed by atoms with Gasteiger partial charge in [0.2, 0.25) is 10.0 Å². The molecule has 3 rings (SSSR count). The van der Waals surface area contributed by atoms with E-state index in [4.69, 9.17) is 0 Å².